The maximum Gasteiger partial charge on any atom is 0.165 e. The Bertz CT molecular complexity index is 900. The molecular weight excluding hydrogens is 328 g/mol. The molecule has 3 aromatic carbocycles. The third kappa shape index (κ3) is 4.03. The molecule has 0 amide bonds. The van der Waals surface area contributed by atoms with Gasteiger partial charge >= 0.3 is 0 Å². The van der Waals surface area contributed by atoms with Crippen LogP contribution in [0.4, 0.5) is 0 Å². The van der Waals surface area contributed by atoms with E-state index in [1.54, 1.807) is 26.4 Å². The third-order valence-electron chi connectivity index (χ3n) is 4.47. The zero-order valence-electron chi connectivity index (χ0n) is 14.9. The summed E-state index contributed by atoms with van der Waals surface area (Å²) in [6.07, 6.45) is -0.670. The Labute approximate surface area is 153 Å². The Morgan fingerprint density at radius 1 is 0.962 bits per heavy atom. The van der Waals surface area contributed by atoms with Crippen LogP contribution in [0.3, 0.4) is 0 Å². The molecule has 3 rings (SSSR count). The van der Waals surface area contributed by atoms with E-state index in [-0.39, 0.29) is 18.6 Å². The van der Waals surface area contributed by atoms with Gasteiger partial charge in [-0.1, -0.05) is 36.4 Å². The lowest BCUT2D eigenvalue weighted by molar-refractivity contribution is -0.126. The zero-order valence-corrected chi connectivity index (χ0v) is 14.9. The Hall–Kier alpha value is -2.85. The van der Waals surface area contributed by atoms with Crippen molar-refractivity contribution in [3.8, 4) is 11.5 Å². The monoisotopic (exact) mass is 350 g/mol. The minimum atomic E-state index is -1.08. The van der Waals surface area contributed by atoms with E-state index >= 15 is 0 Å². The molecule has 0 aliphatic rings. The number of hydrogen-bond acceptors (Lipinski definition) is 4. The number of aliphatic hydroxyl groups excluding tert-OH is 1. The van der Waals surface area contributed by atoms with Crippen LogP contribution in [0.2, 0.25) is 0 Å². The average Bonchev–Trinajstić information content (AvgIpc) is 2.67. The summed E-state index contributed by atoms with van der Waals surface area (Å²) >= 11 is 0. The molecule has 26 heavy (non-hydrogen) atoms. The first-order valence-corrected chi connectivity index (χ1v) is 8.50. The molecular formula is C22H22O4. The summed E-state index contributed by atoms with van der Waals surface area (Å²) in [6.45, 7) is 0. The van der Waals surface area contributed by atoms with Crippen molar-refractivity contribution in [1.29, 1.82) is 0 Å². The number of Topliss-reactive ketones (excluding diaryl/α,β-unsaturated/α-hetero) is 1. The van der Waals surface area contributed by atoms with Crippen LogP contribution in [0.15, 0.2) is 60.7 Å². The summed E-state index contributed by atoms with van der Waals surface area (Å²) in [5.41, 5.74) is 1.67. The van der Waals surface area contributed by atoms with Gasteiger partial charge in [-0.15, -0.1) is 0 Å². The lowest BCUT2D eigenvalue weighted by Gasteiger charge is -2.14. The molecule has 0 spiro atoms. The number of benzene rings is 3. The predicted molar refractivity (Wildman–Crippen MR) is 102 cm³/mol. The number of fused-ring (bicyclic) bond motifs is 1. The second-order valence-corrected chi connectivity index (χ2v) is 6.22. The predicted octanol–water partition coefficient (Wildman–Crippen LogP) is 3.57. The highest BCUT2D eigenvalue weighted by molar-refractivity contribution is 5.87. The molecule has 1 unspecified atom stereocenters. The highest BCUT2D eigenvalue weighted by Crippen LogP contribution is 2.27. The minimum absolute atomic E-state index is 0.182. The lowest BCUT2D eigenvalue weighted by Crippen LogP contribution is -2.25. The first-order chi connectivity index (χ1) is 12.6. The number of methoxy groups -OCH3 is 2. The molecule has 0 fully saturated rings. The Morgan fingerprint density at radius 3 is 2.23 bits per heavy atom. The van der Waals surface area contributed by atoms with Gasteiger partial charge < -0.3 is 14.6 Å². The van der Waals surface area contributed by atoms with E-state index in [1.807, 2.05) is 48.5 Å². The van der Waals surface area contributed by atoms with Crippen molar-refractivity contribution in [3.63, 3.8) is 0 Å². The Morgan fingerprint density at radius 2 is 1.62 bits per heavy atom. The first kappa shape index (κ1) is 18.0. The molecule has 0 radical (unpaired) electrons. The van der Waals surface area contributed by atoms with Gasteiger partial charge in [-0.05, 0) is 46.2 Å². The van der Waals surface area contributed by atoms with E-state index in [0.717, 1.165) is 27.6 Å². The van der Waals surface area contributed by atoms with Crippen LogP contribution in [0.25, 0.3) is 10.8 Å². The van der Waals surface area contributed by atoms with Crippen molar-refractivity contribution in [3.05, 3.63) is 71.8 Å². The quantitative estimate of drug-likeness (QED) is 0.708. The summed E-state index contributed by atoms with van der Waals surface area (Å²) in [4.78, 5) is 12.4. The normalized spacial score (nSPS) is 12.0. The van der Waals surface area contributed by atoms with Crippen LogP contribution in [0, 0.1) is 0 Å². The molecule has 1 atom stereocenters. The number of aliphatic hydroxyl groups is 1. The summed E-state index contributed by atoms with van der Waals surface area (Å²) in [5, 5.41) is 12.5. The van der Waals surface area contributed by atoms with Gasteiger partial charge in [-0.25, -0.2) is 0 Å². The highest BCUT2D eigenvalue weighted by atomic mass is 16.5. The van der Waals surface area contributed by atoms with Gasteiger partial charge in [0.2, 0.25) is 0 Å². The van der Waals surface area contributed by atoms with Gasteiger partial charge in [0, 0.05) is 12.8 Å². The molecule has 1 N–H and O–H groups in total. The number of carbonyl (C=O) groups is 1. The molecule has 3 aromatic rings. The van der Waals surface area contributed by atoms with E-state index in [4.69, 9.17) is 9.47 Å². The molecule has 0 saturated carbocycles. The summed E-state index contributed by atoms with van der Waals surface area (Å²) < 4.78 is 10.6. The molecule has 0 aliphatic carbocycles. The summed E-state index contributed by atoms with van der Waals surface area (Å²) in [5.74, 6) is 1.20. The van der Waals surface area contributed by atoms with Crippen LogP contribution in [0.1, 0.15) is 11.1 Å². The zero-order chi connectivity index (χ0) is 18.5. The molecule has 0 aliphatic heterocycles. The van der Waals surface area contributed by atoms with Crippen molar-refractivity contribution < 1.29 is 19.4 Å². The highest BCUT2D eigenvalue weighted by Gasteiger charge is 2.18. The Balaban J connectivity index is 1.74. The van der Waals surface area contributed by atoms with E-state index in [2.05, 4.69) is 0 Å². The summed E-state index contributed by atoms with van der Waals surface area (Å²) in [6, 6.07) is 19.1. The summed E-state index contributed by atoms with van der Waals surface area (Å²) in [7, 11) is 3.19. The van der Waals surface area contributed by atoms with Crippen LogP contribution in [-0.2, 0) is 17.6 Å². The van der Waals surface area contributed by atoms with Crippen molar-refractivity contribution in [2.45, 2.75) is 18.9 Å². The fourth-order valence-corrected chi connectivity index (χ4v) is 3.00. The van der Waals surface area contributed by atoms with Crippen LogP contribution in [-0.4, -0.2) is 31.2 Å². The first-order valence-electron chi connectivity index (χ1n) is 8.50. The molecule has 0 heterocycles. The van der Waals surface area contributed by atoms with Gasteiger partial charge in [0.1, 0.15) is 17.6 Å². The molecule has 0 aromatic heterocycles. The van der Waals surface area contributed by atoms with Crippen molar-refractivity contribution >= 4 is 16.6 Å². The van der Waals surface area contributed by atoms with Crippen molar-refractivity contribution in [2.75, 3.05) is 14.2 Å². The van der Waals surface area contributed by atoms with Crippen LogP contribution in [0.5, 0.6) is 11.5 Å². The lowest BCUT2D eigenvalue weighted by atomic mass is 9.97. The largest absolute Gasteiger partial charge is 0.497 e. The van der Waals surface area contributed by atoms with Gasteiger partial charge in [0.05, 0.1) is 14.2 Å². The second kappa shape index (κ2) is 8.02. The standard InChI is InChI=1S/C22H22O4/c1-25-19-9-7-15(8-10-19)11-20(23)21(24)13-18-12-16-5-3-4-6-17(16)14-22(18)26-2/h3-10,12,14,21,24H,11,13H2,1-2H3. The van der Waals surface area contributed by atoms with Crippen LogP contribution >= 0.6 is 0 Å². The second-order valence-electron chi connectivity index (χ2n) is 6.22. The van der Waals surface area contributed by atoms with Gasteiger partial charge in [-0.2, -0.15) is 0 Å². The van der Waals surface area contributed by atoms with E-state index in [9.17, 15) is 9.90 Å². The van der Waals surface area contributed by atoms with Crippen molar-refractivity contribution in [2.24, 2.45) is 0 Å². The smallest absolute Gasteiger partial charge is 0.165 e. The third-order valence-corrected chi connectivity index (χ3v) is 4.47. The number of ether oxygens (including phenoxy) is 2. The SMILES string of the molecule is COc1ccc(CC(=O)C(O)Cc2cc3ccccc3cc2OC)cc1. The Kier molecular flexibility index (Phi) is 5.54. The molecule has 0 saturated heterocycles. The number of carbonyl (C=O) groups excluding carboxylic acids is 1. The van der Waals surface area contributed by atoms with Gasteiger partial charge in [0.25, 0.3) is 0 Å². The number of ketones is 1. The van der Waals surface area contributed by atoms with E-state index < -0.39 is 6.10 Å². The maximum absolute atomic E-state index is 12.4. The van der Waals surface area contributed by atoms with Crippen molar-refractivity contribution in [1.82, 2.24) is 0 Å². The molecule has 134 valence electrons. The fourth-order valence-electron chi connectivity index (χ4n) is 3.00. The van der Waals surface area contributed by atoms with E-state index in [1.165, 1.54) is 0 Å². The van der Waals surface area contributed by atoms with Gasteiger partial charge in [-0.3, -0.25) is 4.79 Å². The topological polar surface area (TPSA) is 55.8 Å². The minimum Gasteiger partial charge on any atom is -0.497 e. The molecule has 4 nitrogen and oxygen atoms in total. The fraction of sp³-hybridized carbons (Fsp3) is 0.227. The van der Waals surface area contributed by atoms with Gasteiger partial charge in [0.15, 0.2) is 5.78 Å². The number of rotatable bonds is 7. The molecule has 0 bridgehead atoms. The van der Waals surface area contributed by atoms with Crippen LogP contribution < -0.4 is 9.47 Å². The molecule has 4 heteroatoms. The average molecular weight is 350 g/mol. The maximum atomic E-state index is 12.4. The van der Waals surface area contributed by atoms with E-state index in [0.29, 0.717) is 5.75 Å². The number of hydrogen-bond donors (Lipinski definition) is 1.